The molecule has 0 aliphatic carbocycles. The minimum absolute atomic E-state index is 0.211. The standard InChI is InChI=1S/C26H33FN2O6/c1-4-32-22-15-20(16-23(33-5-2)25(22)34-6-3)26(31)35-18-24(30)29-13-11-28(12-14-29)17-19-9-7-8-10-21(19)27/h7-10,15-16H,4-6,11-14,17-18H2,1-3H3. The number of benzene rings is 2. The number of hydrogen-bond acceptors (Lipinski definition) is 7. The predicted molar refractivity (Wildman–Crippen MR) is 128 cm³/mol. The molecule has 35 heavy (non-hydrogen) atoms. The maximum atomic E-state index is 13.9. The maximum Gasteiger partial charge on any atom is 0.338 e. The molecule has 0 unspecified atom stereocenters. The molecule has 8 nitrogen and oxygen atoms in total. The minimum atomic E-state index is -0.651. The Morgan fingerprint density at radius 2 is 1.49 bits per heavy atom. The summed E-state index contributed by atoms with van der Waals surface area (Å²) >= 11 is 0. The fourth-order valence-electron chi connectivity index (χ4n) is 3.83. The fourth-order valence-corrected chi connectivity index (χ4v) is 3.83. The zero-order chi connectivity index (χ0) is 25.2. The molecule has 1 aliphatic heterocycles. The molecule has 0 bridgehead atoms. The van der Waals surface area contributed by atoms with E-state index in [1.54, 1.807) is 17.0 Å². The van der Waals surface area contributed by atoms with E-state index in [2.05, 4.69) is 4.90 Å². The van der Waals surface area contributed by atoms with Crippen molar-refractivity contribution in [1.82, 2.24) is 9.80 Å². The van der Waals surface area contributed by atoms with Gasteiger partial charge in [0.15, 0.2) is 18.1 Å². The van der Waals surface area contributed by atoms with Crippen molar-refractivity contribution in [3.8, 4) is 17.2 Å². The molecule has 0 N–H and O–H groups in total. The van der Waals surface area contributed by atoms with Crippen LogP contribution < -0.4 is 14.2 Å². The molecule has 190 valence electrons. The first-order chi connectivity index (χ1) is 17.0. The van der Waals surface area contributed by atoms with E-state index < -0.39 is 5.97 Å². The molecule has 0 saturated carbocycles. The topological polar surface area (TPSA) is 77.5 Å². The number of esters is 1. The van der Waals surface area contributed by atoms with Gasteiger partial charge in [0.2, 0.25) is 5.75 Å². The van der Waals surface area contributed by atoms with E-state index in [-0.39, 0.29) is 23.9 Å². The summed E-state index contributed by atoms with van der Waals surface area (Å²) in [6.07, 6.45) is 0. The normalized spacial score (nSPS) is 13.9. The number of rotatable bonds is 11. The largest absolute Gasteiger partial charge is 0.490 e. The first-order valence-electron chi connectivity index (χ1n) is 11.9. The quantitative estimate of drug-likeness (QED) is 0.448. The summed E-state index contributed by atoms with van der Waals surface area (Å²) in [4.78, 5) is 29.1. The molecule has 3 rings (SSSR count). The van der Waals surface area contributed by atoms with Crippen LogP contribution in [-0.2, 0) is 16.1 Å². The summed E-state index contributed by atoms with van der Waals surface area (Å²) in [5, 5.41) is 0. The molecule has 2 aromatic rings. The first kappa shape index (κ1) is 26.3. The second-order valence-corrected chi connectivity index (χ2v) is 7.93. The summed E-state index contributed by atoms with van der Waals surface area (Å²) in [6, 6.07) is 9.76. The van der Waals surface area contributed by atoms with Gasteiger partial charge in [-0.05, 0) is 39.0 Å². The number of piperazine rings is 1. The Labute approximate surface area is 205 Å². The zero-order valence-corrected chi connectivity index (χ0v) is 20.5. The fraction of sp³-hybridized carbons (Fsp3) is 0.462. The highest BCUT2D eigenvalue weighted by Gasteiger charge is 2.24. The monoisotopic (exact) mass is 488 g/mol. The highest BCUT2D eigenvalue weighted by Crippen LogP contribution is 2.39. The van der Waals surface area contributed by atoms with E-state index in [4.69, 9.17) is 18.9 Å². The van der Waals surface area contributed by atoms with Crippen LogP contribution in [0, 0.1) is 5.82 Å². The molecule has 0 atom stereocenters. The highest BCUT2D eigenvalue weighted by atomic mass is 19.1. The molecular formula is C26H33FN2O6. The molecular weight excluding hydrogens is 455 g/mol. The second kappa shape index (κ2) is 12.9. The van der Waals surface area contributed by atoms with Gasteiger partial charge in [0.1, 0.15) is 5.82 Å². The first-order valence-corrected chi connectivity index (χ1v) is 11.9. The summed E-state index contributed by atoms with van der Waals surface area (Å²) in [7, 11) is 0. The number of hydrogen-bond donors (Lipinski definition) is 0. The van der Waals surface area contributed by atoms with Crippen molar-refractivity contribution < 1.29 is 32.9 Å². The van der Waals surface area contributed by atoms with Gasteiger partial charge < -0.3 is 23.8 Å². The predicted octanol–water partition coefficient (Wildman–Crippen LogP) is 3.52. The van der Waals surface area contributed by atoms with Crippen LogP contribution in [0.3, 0.4) is 0 Å². The van der Waals surface area contributed by atoms with Crippen molar-refractivity contribution in [1.29, 1.82) is 0 Å². The lowest BCUT2D eigenvalue weighted by atomic mass is 10.2. The number of halogens is 1. The van der Waals surface area contributed by atoms with Crippen LogP contribution >= 0.6 is 0 Å². The van der Waals surface area contributed by atoms with E-state index in [1.807, 2.05) is 26.8 Å². The van der Waals surface area contributed by atoms with Crippen molar-refractivity contribution in [3.63, 3.8) is 0 Å². The van der Waals surface area contributed by atoms with Gasteiger partial charge in [-0.3, -0.25) is 9.69 Å². The summed E-state index contributed by atoms with van der Waals surface area (Å²) < 4.78 is 36.1. The molecule has 1 fully saturated rings. The molecule has 1 heterocycles. The van der Waals surface area contributed by atoms with Gasteiger partial charge in [-0.25, -0.2) is 9.18 Å². The van der Waals surface area contributed by atoms with Crippen molar-refractivity contribution >= 4 is 11.9 Å². The average Bonchev–Trinajstić information content (AvgIpc) is 2.86. The zero-order valence-electron chi connectivity index (χ0n) is 20.5. The Balaban J connectivity index is 1.56. The van der Waals surface area contributed by atoms with E-state index >= 15 is 0 Å². The van der Waals surface area contributed by atoms with Gasteiger partial charge in [0, 0.05) is 38.3 Å². The summed E-state index contributed by atoms with van der Waals surface area (Å²) in [5.41, 5.74) is 0.845. The Morgan fingerprint density at radius 1 is 0.886 bits per heavy atom. The number of nitrogens with zero attached hydrogens (tertiary/aromatic N) is 2. The number of amides is 1. The Bertz CT molecular complexity index is 980. The van der Waals surface area contributed by atoms with Gasteiger partial charge in [-0.1, -0.05) is 18.2 Å². The van der Waals surface area contributed by atoms with Crippen LogP contribution in [0.2, 0.25) is 0 Å². The van der Waals surface area contributed by atoms with E-state index in [0.717, 1.165) is 0 Å². The Kier molecular flexibility index (Phi) is 9.72. The molecule has 1 amide bonds. The number of carbonyl (C=O) groups excluding carboxylic acids is 2. The molecule has 2 aromatic carbocycles. The van der Waals surface area contributed by atoms with Crippen molar-refractivity contribution in [2.75, 3.05) is 52.6 Å². The van der Waals surface area contributed by atoms with Gasteiger partial charge in [-0.2, -0.15) is 0 Å². The molecule has 0 radical (unpaired) electrons. The minimum Gasteiger partial charge on any atom is -0.490 e. The molecule has 9 heteroatoms. The van der Waals surface area contributed by atoms with Crippen molar-refractivity contribution in [2.45, 2.75) is 27.3 Å². The van der Waals surface area contributed by atoms with E-state index in [9.17, 15) is 14.0 Å². The van der Waals surface area contributed by atoms with Gasteiger partial charge >= 0.3 is 5.97 Å². The third-order valence-corrected chi connectivity index (χ3v) is 5.55. The third kappa shape index (κ3) is 7.08. The van der Waals surface area contributed by atoms with Crippen LogP contribution in [0.15, 0.2) is 36.4 Å². The van der Waals surface area contributed by atoms with Crippen LogP contribution in [-0.4, -0.2) is 74.3 Å². The number of ether oxygens (including phenoxy) is 4. The van der Waals surface area contributed by atoms with Crippen LogP contribution in [0.25, 0.3) is 0 Å². The van der Waals surface area contributed by atoms with Gasteiger partial charge in [-0.15, -0.1) is 0 Å². The van der Waals surface area contributed by atoms with Crippen LogP contribution in [0.5, 0.6) is 17.2 Å². The van der Waals surface area contributed by atoms with Crippen molar-refractivity contribution in [3.05, 3.63) is 53.3 Å². The highest BCUT2D eigenvalue weighted by molar-refractivity contribution is 5.92. The average molecular weight is 489 g/mol. The molecule has 0 spiro atoms. The smallest absolute Gasteiger partial charge is 0.338 e. The molecule has 1 saturated heterocycles. The van der Waals surface area contributed by atoms with Crippen molar-refractivity contribution in [2.24, 2.45) is 0 Å². The maximum absolute atomic E-state index is 13.9. The lowest BCUT2D eigenvalue weighted by molar-refractivity contribution is -0.136. The summed E-state index contributed by atoms with van der Waals surface area (Å²) in [5.74, 6) is 0.0322. The number of carbonyl (C=O) groups is 2. The Morgan fingerprint density at radius 3 is 2.06 bits per heavy atom. The second-order valence-electron chi connectivity index (χ2n) is 7.93. The lowest BCUT2D eigenvalue weighted by Crippen LogP contribution is -2.49. The van der Waals surface area contributed by atoms with E-state index in [1.165, 1.54) is 18.2 Å². The van der Waals surface area contributed by atoms with Gasteiger partial charge in [0.05, 0.1) is 25.4 Å². The SMILES string of the molecule is CCOc1cc(C(=O)OCC(=O)N2CCN(Cc3ccccc3F)CC2)cc(OCC)c1OCC. The Hall–Kier alpha value is -3.33. The van der Waals surface area contributed by atoms with E-state index in [0.29, 0.717) is 75.4 Å². The summed E-state index contributed by atoms with van der Waals surface area (Å²) in [6.45, 7) is 8.99. The molecule has 1 aliphatic rings. The van der Waals surface area contributed by atoms with Crippen LogP contribution in [0.4, 0.5) is 4.39 Å². The molecule has 0 aromatic heterocycles. The lowest BCUT2D eigenvalue weighted by Gasteiger charge is -2.34. The van der Waals surface area contributed by atoms with Gasteiger partial charge in [0.25, 0.3) is 5.91 Å². The van der Waals surface area contributed by atoms with Crippen LogP contribution in [0.1, 0.15) is 36.7 Å². The third-order valence-electron chi connectivity index (χ3n) is 5.55.